The van der Waals surface area contributed by atoms with Gasteiger partial charge in [0.25, 0.3) is 0 Å². The van der Waals surface area contributed by atoms with Crippen LogP contribution in [0, 0.1) is 6.92 Å². The molecule has 0 bridgehead atoms. The highest BCUT2D eigenvalue weighted by molar-refractivity contribution is 9.10. The van der Waals surface area contributed by atoms with Crippen molar-refractivity contribution in [3.05, 3.63) is 58.1 Å². The van der Waals surface area contributed by atoms with E-state index in [9.17, 15) is 4.79 Å². The van der Waals surface area contributed by atoms with E-state index in [1.807, 2.05) is 63.2 Å². The van der Waals surface area contributed by atoms with Gasteiger partial charge in [0.2, 0.25) is 0 Å². The molecule has 0 unspecified atom stereocenters. The zero-order chi connectivity index (χ0) is 17.3. The molecule has 0 spiro atoms. The molecule has 2 N–H and O–H groups in total. The van der Waals surface area contributed by atoms with Gasteiger partial charge >= 0.3 is 6.03 Å². The Morgan fingerprint density at radius 2 is 1.92 bits per heavy atom. The SMILES string of the molecule is Cc1ccc(NC(=O)N[C@@H]2CC(C)(C)Oc3ccc(Br)cc32)cc1. The quantitative estimate of drug-likeness (QED) is 0.744. The maximum atomic E-state index is 12.4. The smallest absolute Gasteiger partial charge is 0.319 e. The summed E-state index contributed by atoms with van der Waals surface area (Å²) in [6.45, 7) is 6.08. The average Bonchev–Trinajstić information content (AvgIpc) is 2.49. The molecule has 3 rings (SSSR count). The van der Waals surface area contributed by atoms with Gasteiger partial charge in [0.1, 0.15) is 11.4 Å². The van der Waals surface area contributed by atoms with Crippen LogP contribution in [0.3, 0.4) is 0 Å². The second-order valence-electron chi connectivity index (χ2n) is 6.77. The monoisotopic (exact) mass is 388 g/mol. The highest BCUT2D eigenvalue weighted by Crippen LogP contribution is 2.40. The lowest BCUT2D eigenvalue weighted by Gasteiger charge is -2.38. The molecule has 0 radical (unpaired) electrons. The highest BCUT2D eigenvalue weighted by atomic mass is 79.9. The Bertz CT molecular complexity index is 756. The van der Waals surface area contributed by atoms with Crippen molar-refractivity contribution in [3.8, 4) is 5.75 Å². The summed E-state index contributed by atoms with van der Waals surface area (Å²) < 4.78 is 6.99. The molecule has 2 aromatic carbocycles. The van der Waals surface area contributed by atoms with Crippen LogP contribution in [0.4, 0.5) is 10.5 Å². The van der Waals surface area contributed by atoms with Gasteiger partial charge in [-0.25, -0.2) is 4.79 Å². The molecular weight excluding hydrogens is 368 g/mol. The number of aryl methyl sites for hydroxylation is 1. The summed E-state index contributed by atoms with van der Waals surface area (Å²) in [5.41, 5.74) is 2.59. The highest BCUT2D eigenvalue weighted by Gasteiger charge is 2.34. The molecule has 24 heavy (non-hydrogen) atoms. The van der Waals surface area contributed by atoms with Gasteiger partial charge in [-0.1, -0.05) is 33.6 Å². The van der Waals surface area contributed by atoms with Crippen LogP contribution in [0.5, 0.6) is 5.75 Å². The van der Waals surface area contributed by atoms with Crippen molar-refractivity contribution in [2.75, 3.05) is 5.32 Å². The third-order valence-electron chi connectivity index (χ3n) is 4.04. The fraction of sp³-hybridized carbons (Fsp3) is 0.316. The average molecular weight is 389 g/mol. The predicted molar refractivity (Wildman–Crippen MR) is 99.5 cm³/mol. The summed E-state index contributed by atoms with van der Waals surface area (Å²) >= 11 is 3.49. The van der Waals surface area contributed by atoms with Gasteiger partial charge in [-0.3, -0.25) is 0 Å². The van der Waals surface area contributed by atoms with Crippen LogP contribution in [0.25, 0.3) is 0 Å². The molecule has 5 heteroatoms. The number of amides is 2. The van der Waals surface area contributed by atoms with Crippen molar-refractivity contribution < 1.29 is 9.53 Å². The number of urea groups is 1. The lowest BCUT2D eigenvalue weighted by atomic mass is 9.90. The number of ether oxygens (including phenoxy) is 1. The fourth-order valence-corrected chi connectivity index (χ4v) is 3.30. The third-order valence-corrected chi connectivity index (χ3v) is 4.54. The van der Waals surface area contributed by atoms with Crippen LogP contribution in [0.15, 0.2) is 46.9 Å². The van der Waals surface area contributed by atoms with E-state index in [2.05, 4.69) is 26.6 Å². The molecule has 0 aromatic heterocycles. The van der Waals surface area contributed by atoms with E-state index in [4.69, 9.17) is 4.74 Å². The van der Waals surface area contributed by atoms with Gasteiger partial charge in [0.15, 0.2) is 0 Å². The number of anilines is 1. The molecule has 0 fully saturated rings. The van der Waals surface area contributed by atoms with Crippen molar-refractivity contribution in [2.45, 2.75) is 38.8 Å². The molecule has 1 aliphatic rings. The molecular formula is C19H21BrN2O2. The van der Waals surface area contributed by atoms with Crippen molar-refractivity contribution in [2.24, 2.45) is 0 Å². The van der Waals surface area contributed by atoms with Crippen LogP contribution in [-0.2, 0) is 0 Å². The van der Waals surface area contributed by atoms with Crippen molar-refractivity contribution in [1.29, 1.82) is 0 Å². The number of nitrogens with one attached hydrogen (secondary N) is 2. The number of benzene rings is 2. The molecule has 1 heterocycles. The van der Waals surface area contributed by atoms with E-state index in [1.54, 1.807) is 0 Å². The number of hydrogen-bond acceptors (Lipinski definition) is 2. The third kappa shape index (κ3) is 3.90. The van der Waals surface area contributed by atoms with Gasteiger partial charge in [0.05, 0.1) is 6.04 Å². The topological polar surface area (TPSA) is 50.4 Å². The molecule has 1 atom stereocenters. The normalized spacial score (nSPS) is 18.2. The Balaban J connectivity index is 1.77. The summed E-state index contributed by atoms with van der Waals surface area (Å²) in [4.78, 5) is 12.4. The molecule has 0 saturated heterocycles. The second-order valence-corrected chi connectivity index (χ2v) is 7.68. The first-order chi connectivity index (χ1) is 11.3. The minimum Gasteiger partial charge on any atom is -0.487 e. The first-order valence-electron chi connectivity index (χ1n) is 7.95. The van der Waals surface area contributed by atoms with Crippen LogP contribution in [0.1, 0.15) is 37.4 Å². The Morgan fingerprint density at radius 3 is 2.62 bits per heavy atom. The number of carbonyl (C=O) groups excluding carboxylic acids is 1. The maximum absolute atomic E-state index is 12.4. The van der Waals surface area contributed by atoms with E-state index in [0.29, 0.717) is 6.42 Å². The molecule has 1 aliphatic heterocycles. The molecule has 2 aromatic rings. The van der Waals surface area contributed by atoms with Crippen LogP contribution in [0.2, 0.25) is 0 Å². The summed E-state index contributed by atoms with van der Waals surface area (Å²) in [5, 5.41) is 5.96. The molecule has 4 nitrogen and oxygen atoms in total. The van der Waals surface area contributed by atoms with Crippen molar-refractivity contribution in [3.63, 3.8) is 0 Å². The molecule has 0 aliphatic carbocycles. The Hall–Kier alpha value is -2.01. The summed E-state index contributed by atoms with van der Waals surface area (Å²) in [6, 6.07) is 13.3. The largest absolute Gasteiger partial charge is 0.487 e. The number of carbonyl (C=O) groups is 1. The molecule has 2 amide bonds. The zero-order valence-corrected chi connectivity index (χ0v) is 15.6. The predicted octanol–water partition coefficient (Wildman–Crippen LogP) is 5.18. The lowest BCUT2D eigenvalue weighted by molar-refractivity contribution is 0.0682. The molecule has 126 valence electrons. The van der Waals surface area contributed by atoms with Crippen LogP contribution in [-0.4, -0.2) is 11.6 Å². The lowest BCUT2D eigenvalue weighted by Crippen LogP contribution is -2.42. The number of fused-ring (bicyclic) bond motifs is 1. The Morgan fingerprint density at radius 1 is 1.21 bits per heavy atom. The van der Waals surface area contributed by atoms with E-state index in [-0.39, 0.29) is 17.7 Å². The number of hydrogen-bond donors (Lipinski definition) is 2. The minimum absolute atomic E-state index is 0.105. The van der Waals surface area contributed by atoms with Crippen LogP contribution < -0.4 is 15.4 Å². The standard InChI is InChI=1S/C19H21BrN2O2/c1-12-4-7-14(8-5-12)21-18(23)22-16-11-19(2,3)24-17-9-6-13(20)10-15(16)17/h4-10,16H,11H2,1-3H3,(H2,21,22,23)/t16-/m1/s1. The number of halogens is 1. The van der Waals surface area contributed by atoms with Gasteiger partial charge < -0.3 is 15.4 Å². The summed E-state index contributed by atoms with van der Waals surface area (Å²) in [6.07, 6.45) is 0.706. The van der Waals surface area contributed by atoms with Crippen molar-refractivity contribution in [1.82, 2.24) is 5.32 Å². The Kier molecular flexibility index (Phi) is 4.54. The van der Waals surface area contributed by atoms with Gasteiger partial charge in [-0.2, -0.15) is 0 Å². The Labute approximate surface area is 150 Å². The first kappa shape index (κ1) is 16.8. The minimum atomic E-state index is -0.331. The van der Waals surface area contributed by atoms with E-state index < -0.39 is 0 Å². The summed E-state index contributed by atoms with van der Waals surface area (Å²) in [7, 11) is 0. The second kappa shape index (κ2) is 6.48. The van der Waals surface area contributed by atoms with Crippen molar-refractivity contribution >= 4 is 27.6 Å². The van der Waals surface area contributed by atoms with E-state index in [0.717, 1.165) is 27.0 Å². The fourth-order valence-electron chi connectivity index (χ4n) is 2.92. The number of rotatable bonds is 2. The van der Waals surface area contributed by atoms with E-state index in [1.165, 1.54) is 0 Å². The van der Waals surface area contributed by atoms with Gasteiger partial charge in [-0.15, -0.1) is 0 Å². The summed E-state index contributed by atoms with van der Waals surface area (Å²) in [5.74, 6) is 0.815. The van der Waals surface area contributed by atoms with Crippen LogP contribution >= 0.6 is 15.9 Å². The molecule has 0 saturated carbocycles. The van der Waals surface area contributed by atoms with Gasteiger partial charge in [-0.05, 0) is 51.1 Å². The maximum Gasteiger partial charge on any atom is 0.319 e. The zero-order valence-electron chi connectivity index (χ0n) is 14.0. The van der Waals surface area contributed by atoms with E-state index >= 15 is 0 Å². The van der Waals surface area contributed by atoms with Gasteiger partial charge in [0, 0.05) is 22.1 Å². The first-order valence-corrected chi connectivity index (χ1v) is 8.74.